The molecule has 0 aromatic heterocycles. The van der Waals surface area contributed by atoms with Gasteiger partial charge in [-0.3, -0.25) is 9.69 Å². The highest BCUT2D eigenvalue weighted by Crippen LogP contribution is 2.55. The largest absolute Gasteiger partial charge is 0.497 e. The van der Waals surface area contributed by atoms with E-state index in [0.29, 0.717) is 24.0 Å². The molecule has 1 N–H and O–H groups in total. The van der Waals surface area contributed by atoms with Crippen LogP contribution in [0.15, 0.2) is 24.0 Å². The van der Waals surface area contributed by atoms with Gasteiger partial charge in [0.1, 0.15) is 5.76 Å². The minimum atomic E-state index is -1.60. The molecule has 9 nitrogen and oxygen atoms in total. The van der Waals surface area contributed by atoms with Crippen LogP contribution in [-0.4, -0.2) is 73.3 Å². The van der Waals surface area contributed by atoms with Gasteiger partial charge in [-0.25, -0.2) is 4.79 Å². The Morgan fingerprint density at radius 1 is 1.23 bits per heavy atom. The van der Waals surface area contributed by atoms with Gasteiger partial charge >= 0.3 is 11.9 Å². The lowest BCUT2D eigenvalue weighted by Crippen LogP contribution is -2.47. The monoisotopic (exact) mass is 485 g/mol. The minimum Gasteiger partial charge on any atom is -0.497 e. The third kappa shape index (κ3) is 3.94. The minimum absolute atomic E-state index is 0.184. The van der Waals surface area contributed by atoms with Crippen molar-refractivity contribution in [2.24, 2.45) is 5.92 Å². The lowest BCUT2D eigenvalue weighted by molar-refractivity contribution is -0.165. The van der Waals surface area contributed by atoms with Crippen LogP contribution in [0.3, 0.4) is 0 Å². The molecule has 0 amide bonds. The number of rotatable bonds is 7. The van der Waals surface area contributed by atoms with Crippen molar-refractivity contribution in [3.63, 3.8) is 0 Å². The molecular weight excluding hydrogens is 454 g/mol. The molecule has 4 atom stereocenters. The van der Waals surface area contributed by atoms with Gasteiger partial charge in [-0.1, -0.05) is 0 Å². The molecule has 1 saturated carbocycles. The van der Waals surface area contributed by atoms with Crippen LogP contribution in [0.2, 0.25) is 0 Å². The Labute approximate surface area is 203 Å². The van der Waals surface area contributed by atoms with Crippen LogP contribution in [-0.2, 0) is 30.2 Å². The fourth-order valence-corrected chi connectivity index (χ4v) is 6.09. The molecule has 2 unspecified atom stereocenters. The van der Waals surface area contributed by atoms with E-state index in [1.165, 1.54) is 0 Å². The van der Waals surface area contributed by atoms with Gasteiger partial charge in [-0.05, 0) is 73.9 Å². The predicted octanol–water partition coefficient (Wildman–Crippen LogP) is 2.05. The van der Waals surface area contributed by atoms with Gasteiger partial charge in [0.25, 0.3) is 0 Å². The summed E-state index contributed by atoms with van der Waals surface area (Å²) in [6.07, 6.45) is 4.21. The van der Waals surface area contributed by atoms with Crippen LogP contribution in [0.4, 0.5) is 0 Å². The summed E-state index contributed by atoms with van der Waals surface area (Å²) in [6.45, 7) is 2.34. The van der Waals surface area contributed by atoms with Gasteiger partial charge in [0, 0.05) is 6.54 Å². The molecule has 1 aromatic rings. The van der Waals surface area contributed by atoms with Gasteiger partial charge in [0.2, 0.25) is 6.79 Å². The summed E-state index contributed by atoms with van der Waals surface area (Å²) in [4.78, 5) is 27.5. The van der Waals surface area contributed by atoms with Crippen LogP contribution >= 0.6 is 0 Å². The van der Waals surface area contributed by atoms with Crippen molar-refractivity contribution in [3.05, 3.63) is 35.1 Å². The van der Waals surface area contributed by atoms with Crippen LogP contribution in [0.5, 0.6) is 11.5 Å². The van der Waals surface area contributed by atoms with Crippen molar-refractivity contribution in [2.75, 3.05) is 33.6 Å². The van der Waals surface area contributed by atoms with E-state index >= 15 is 0 Å². The molecule has 1 saturated heterocycles. The lowest BCUT2D eigenvalue weighted by Gasteiger charge is -2.39. The SMILES string of the molecule is COC1=CC23CCCN2CCc2cc4c(cc2[C@@H]3C1OC(=O)[C@H](O)CC(=O)OCC1CC1)OCO4. The van der Waals surface area contributed by atoms with E-state index in [1.807, 2.05) is 12.1 Å². The standard InChI is InChI=1S/C26H31NO8/c1-31-21-12-26-6-2-7-27(26)8-5-16-9-19-20(34-14-33-19)10-17(16)23(26)24(21)35-25(30)18(28)11-22(29)32-13-15-3-4-15/h9-10,12,15,18,23-24,28H,2-8,11,13-14H2,1H3/t18-,23-,24?,26?/m1/s1. The first-order chi connectivity index (χ1) is 17.0. The van der Waals surface area contributed by atoms with E-state index in [4.69, 9.17) is 23.7 Å². The van der Waals surface area contributed by atoms with E-state index < -0.39 is 30.6 Å². The van der Waals surface area contributed by atoms with Gasteiger partial charge in [0.05, 0.1) is 31.6 Å². The molecular formula is C26H31NO8. The van der Waals surface area contributed by atoms with Crippen molar-refractivity contribution in [1.29, 1.82) is 0 Å². The average molecular weight is 486 g/mol. The zero-order chi connectivity index (χ0) is 24.2. The quantitative estimate of drug-likeness (QED) is 0.581. The summed E-state index contributed by atoms with van der Waals surface area (Å²) >= 11 is 0. The maximum Gasteiger partial charge on any atom is 0.336 e. The van der Waals surface area contributed by atoms with Crippen molar-refractivity contribution in [2.45, 2.75) is 62.2 Å². The number of esters is 2. The molecule has 1 aromatic carbocycles. The molecule has 5 aliphatic rings. The van der Waals surface area contributed by atoms with Crippen molar-refractivity contribution >= 4 is 11.9 Å². The Hall–Kier alpha value is -2.78. The Balaban J connectivity index is 1.28. The zero-order valence-electron chi connectivity index (χ0n) is 19.9. The van der Waals surface area contributed by atoms with Crippen LogP contribution in [0.25, 0.3) is 0 Å². The summed E-state index contributed by atoms with van der Waals surface area (Å²) in [6, 6.07) is 4.03. The number of carbonyl (C=O) groups excluding carboxylic acids is 2. The first kappa shape index (κ1) is 22.7. The van der Waals surface area contributed by atoms with Gasteiger partial charge in [-0.2, -0.15) is 0 Å². The second kappa shape index (κ2) is 8.71. The molecule has 1 spiro atoms. The fraction of sp³-hybridized carbons (Fsp3) is 0.615. The number of fused-ring (bicyclic) bond motifs is 3. The maximum absolute atomic E-state index is 13.0. The van der Waals surface area contributed by atoms with Crippen LogP contribution in [0, 0.1) is 5.92 Å². The molecule has 188 valence electrons. The highest BCUT2D eigenvalue weighted by Gasteiger charge is 2.58. The first-order valence-electron chi connectivity index (χ1n) is 12.5. The van der Waals surface area contributed by atoms with E-state index in [9.17, 15) is 14.7 Å². The second-order valence-corrected chi connectivity index (χ2v) is 10.2. The first-order valence-corrected chi connectivity index (χ1v) is 12.5. The van der Waals surface area contributed by atoms with Gasteiger partial charge in [0.15, 0.2) is 23.7 Å². The third-order valence-electron chi connectivity index (χ3n) is 8.02. The Morgan fingerprint density at radius 2 is 2.03 bits per heavy atom. The smallest absolute Gasteiger partial charge is 0.336 e. The molecule has 9 heteroatoms. The summed E-state index contributed by atoms with van der Waals surface area (Å²) in [5.41, 5.74) is 1.81. The van der Waals surface area contributed by atoms with E-state index in [0.717, 1.165) is 62.1 Å². The van der Waals surface area contributed by atoms with E-state index in [-0.39, 0.29) is 18.2 Å². The highest BCUT2D eigenvalue weighted by atomic mass is 16.7. The Kier molecular flexibility index (Phi) is 5.64. The molecule has 0 bridgehead atoms. The lowest BCUT2D eigenvalue weighted by atomic mass is 9.77. The van der Waals surface area contributed by atoms with Crippen LogP contribution in [0.1, 0.15) is 49.1 Å². The molecule has 35 heavy (non-hydrogen) atoms. The maximum atomic E-state index is 13.0. The second-order valence-electron chi connectivity index (χ2n) is 10.2. The molecule has 2 aliphatic carbocycles. The third-order valence-corrected chi connectivity index (χ3v) is 8.02. The normalized spacial score (nSPS) is 29.4. The van der Waals surface area contributed by atoms with E-state index in [2.05, 4.69) is 11.0 Å². The molecule has 3 heterocycles. The number of nitrogens with zero attached hydrogens (tertiary/aromatic N) is 1. The number of methoxy groups -OCH3 is 1. The molecule has 6 rings (SSSR count). The Morgan fingerprint density at radius 3 is 2.80 bits per heavy atom. The summed E-state index contributed by atoms with van der Waals surface area (Å²) in [5, 5.41) is 10.5. The van der Waals surface area contributed by atoms with Gasteiger partial charge in [-0.15, -0.1) is 0 Å². The summed E-state index contributed by atoms with van der Waals surface area (Å²) in [5.74, 6) is 0.698. The number of carbonyl (C=O) groups is 2. The van der Waals surface area contributed by atoms with E-state index in [1.54, 1.807) is 7.11 Å². The number of ether oxygens (including phenoxy) is 5. The topological polar surface area (TPSA) is 104 Å². The van der Waals surface area contributed by atoms with Crippen molar-refractivity contribution in [3.8, 4) is 11.5 Å². The van der Waals surface area contributed by atoms with Gasteiger partial charge < -0.3 is 28.8 Å². The molecule has 2 fully saturated rings. The number of hydrogen-bond acceptors (Lipinski definition) is 9. The molecule has 3 aliphatic heterocycles. The fourth-order valence-electron chi connectivity index (χ4n) is 6.09. The van der Waals surface area contributed by atoms with Crippen molar-refractivity contribution < 1.29 is 38.4 Å². The van der Waals surface area contributed by atoms with Crippen LogP contribution < -0.4 is 9.47 Å². The predicted molar refractivity (Wildman–Crippen MR) is 122 cm³/mol. The number of hydrogen-bond donors (Lipinski definition) is 1. The van der Waals surface area contributed by atoms with Crippen molar-refractivity contribution in [1.82, 2.24) is 4.90 Å². The molecule has 0 radical (unpaired) electrons. The number of aliphatic hydroxyl groups excluding tert-OH is 1. The number of benzene rings is 1. The highest BCUT2D eigenvalue weighted by molar-refractivity contribution is 5.82. The number of aliphatic hydroxyl groups is 1. The average Bonchev–Trinajstić information content (AvgIpc) is 3.33. The zero-order valence-corrected chi connectivity index (χ0v) is 19.9. The Bertz CT molecular complexity index is 1070. The summed E-state index contributed by atoms with van der Waals surface area (Å²) < 4.78 is 28.1. The summed E-state index contributed by atoms with van der Waals surface area (Å²) in [7, 11) is 1.57.